The second-order valence-corrected chi connectivity index (χ2v) is 11.7. The number of nitrogens with zero attached hydrogens (tertiary/aromatic N) is 1. The third kappa shape index (κ3) is 4.34. The summed E-state index contributed by atoms with van der Waals surface area (Å²) >= 11 is 5.39. The van der Waals surface area contributed by atoms with Gasteiger partial charge in [-0.1, -0.05) is 33.0 Å². The van der Waals surface area contributed by atoms with E-state index in [-0.39, 0.29) is 0 Å². The van der Waals surface area contributed by atoms with Crippen LogP contribution in [0.4, 0.5) is 0 Å². The summed E-state index contributed by atoms with van der Waals surface area (Å²) in [5.41, 5.74) is 0. The van der Waals surface area contributed by atoms with Crippen LogP contribution in [0.5, 0.6) is 0 Å². The van der Waals surface area contributed by atoms with E-state index >= 15 is 0 Å². The van der Waals surface area contributed by atoms with Gasteiger partial charge in [-0.25, -0.2) is 0 Å². The first-order chi connectivity index (χ1) is 7.74. The summed E-state index contributed by atoms with van der Waals surface area (Å²) < 4.78 is 6.18. The van der Waals surface area contributed by atoms with Crippen LogP contribution in [0.15, 0.2) is 0 Å². The minimum atomic E-state index is -1.58. The fourth-order valence-corrected chi connectivity index (χ4v) is 3.09. The Labute approximate surface area is 113 Å². The van der Waals surface area contributed by atoms with Gasteiger partial charge in [-0.05, 0) is 37.4 Å². The van der Waals surface area contributed by atoms with Gasteiger partial charge in [0.05, 0.1) is 11.6 Å². The van der Waals surface area contributed by atoms with Crippen molar-refractivity contribution in [3.05, 3.63) is 0 Å². The van der Waals surface area contributed by atoms with Crippen LogP contribution in [0.2, 0.25) is 18.1 Å². The van der Waals surface area contributed by atoms with Crippen molar-refractivity contribution < 1.29 is 4.43 Å². The molecule has 4 heteroatoms. The number of hydrogen-bond donors (Lipinski definition) is 0. The van der Waals surface area contributed by atoms with Crippen molar-refractivity contribution in [3.8, 4) is 0 Å². The highest BCUT2D eigenvalue weighted by Gasteiger charge is 2.37. The second kappa shape index (κ2) is 5.80. The molecule has 0 saturated carbocycles. The summed E-state index contributed by atoms with van der Waals surface area (Å²) in [5, 5.41) is 0.301. The van der Waals surface area contributed by atoms with E-state index in [2.05, 4.69) is 38.8 Å². The van der Waals surface area contributed by atoms with Crippen LogP contribution in [0.25, 0.3) is 0 Å². The second-order valence-electron chi connectivity index (χ2n) is 6.45. The van der Waals surface area contributed by atoms with Crippen molar-refractivity contribution in [1.82, 2.24) is 4.90 Å². The Hall–Kier alpha value is 0.0669. The predicted molar refractivity (Wildman–Crippen MR) is 81.2 cm³/mol. The Morgan fingerprint density at radius 2 is 1.94 bits per heavy atom. The number of hydrogen-bond acceptors (Lipinski definition) is 2. The molecule has 0 aromatic rings. The average molecular weight is 274 g/mol. The van der Waals surface area contributed by atoms with Crippen LogP contribution in [-0.4, -0.2) is 37.9 Å². The lowest BCUT2D eigenvalue weighted by molar-refractivity contribution is 0.242. The minimum absolute atomic E-state index is 0.301. The maximum absolute atomic E-state index is 6.18. The lowest BCUT2D eigenvalue weighted by Gasteiger charge is -2.37. The molecule has 0 N–H and O–H groups in total. The third-order valence-corrected chi connectivity index (χ3v) is 9.05. The Morgan fingerprint density at radius 1 is 1.29 bits per heavy atom. The van der Waals surface area contributed by atoms with Gasteiger partial charge in [-0.3, -0.25) is 0 Å². The molecular formula is C13H27NOSSi. The lowest BCUT2D eigenvalue weighted by atomic mass is 10.1. The first kappa shape index (κ1) is 15.1. The number of thiocarbonyl (C=S) groups is 1. The van der Waals surface area contributed by atoms with E-state index < -0.39 is 8.32 Å². The highest BCUT2D eigenvalue weighted by molar-refractivity contribution is 7.80. The summed E-state index contributed by atoms with van der Waals surface area (Å²) in [6, 6.07) is 0. The zero-order valence-corrected chi connectivity index (χ0v) is 13.8. The Bertz CT molecular complexity index is 273. The van der Waals surface area contributed by atoms with Gasteiger partial charge >= 0.3 is 0 Å². The summed E-state index contributed by atoms with van der Waals surface area (Å²) in [6.45, 7) is 14.4. The molecule has 1 heterocycles. The van der Waals surface area contributed by atoms with Gasteiger partial charge in [0.2, 0.25) is 0 Å². The average Bonchev–Trinajstić information content (AvgIpc) is 2.19. The fraction of sp³-hybridized carbons (Fsp3) is 0.923. The van der Waals surface area contributed by atoms with Crippen LogP contribution in [0.1, 0.15) is 40.0 Å². The molecule has 0 radical (unpaired) electrons. The molecule has 0 atom stereocenters. The SMILES string of the molecule is CC(C)(C)[Si](C)(C)OCCN1CCCCC1=S. The highest BCUT2D eigenvalue weighted by atomic mass is 32.1. The normalized spacial score (nSPS) is 18.6. The van der Waals surface area contributed by atoms with Gasteiger partial charge in [0.1, 0.15) is 0 Å². The zero-order chi connectivity index (χ0) is 13.1. The smallest absolute Gasteiger partial charge is 0.192 e. The summed E-state index contributed by atoms with van der Waals surface area (Å²) in [7, 11) is -1.58. The van der Waals surface area contributed by atoms with Crippen molar-refractivity contribution in [2.45, 2.75) is 58.2 Å². The molecule has 0 amide bonds. The molecule has 0 aromatic heterocycles. The third-order valence-electron chi connectivity index (χ3n) is 4.05. The largest absolute Gasteiger partial charge is 0.415 e. The van der Waals surface area contributed by atoms with Crippen molar-refractivity contribution in [3.63, 3.8) is 0 Å². The zero-order valence-electron chi connectivity index (χ0n) is 12.0. The van der Waals surface area contributed by atoms with Crippen molar-refractivity contribution in [1.29, 1.82) is 0 Å². The van der Waals surface area contributed by atoms with Gasteiger partial charge in [-0.2, -0.15) is 0 Å². The first-order valence-corrected chi connectivity index (χ1v) is 9.97. The molecule has 100 valence electrons. The molecule has 0 spiro atoms. The summed E-state index contributed by atoms with van der Waals surface area (Å²) in [6.07, 6.45) is 3.63. The molecule has 1 aliphatic rings. The van der Waals surface area contributed by atoms with Crippen LogP contribution in [0, 0.1) is 0 Å². The molecular weight excluding hydrogens is 246 g/mol. The molecule has 1 saturated heterocycles. The molecule has 17 heavy (non-hydrogen) atoms. The predicted octanol–water partition coefficient (Wildman–Crippen LogP) is 3.82. The summed E-state index contributed by atoms with van der Waals surface area (Å²) in [4.78, 5) is 3.46. The van der Waals surface area contributed by atoms with Gasteiger partial charge in [0.15, 0.2) is 8.32 Å². The maximum atomic E-state index is 6.18. The topological polar surface area (TPSA) is 12.5 Å². The lowest BCUT2D eigenvalue weighted by Crippen LogP contribution is -2.44. The standard InChI is InChI=1S/C13H27NOSSi/c1-13(2,3)17(4,5)15-11-10-14-9-7-6-8-12(14)16/h6-11H2,1-5H3. The summed E-state index contributed by atoms with van der Waals surface area (Å²) in [5.74, 6) is 0. The Kier molecular flexibility index (Phi) is 5.16. The van der Waals surface area contributed by atoms with E-state index in [1.807, 2.05) is 0 Å². The Morgan fingerprint density at radius 3 is 2.47 bits per heavy atom. The molecule has 0 bridgehead atoms. The van der Waals surface area contributed by atoms with Crippen LogP contribution in [0.3, 0.4) is 0 Å². The number of likely N-dealkylation sites (tertiary alicyclic amines) is 1. The molecule has 1 aliphatic heterocycles. The van der Waals surface area contributed by atoms with Crippen molar-refractivity contribution >= 4 is 25.5 Å². The van der Waals surface area contributed by atoms with Gasteiger partial charge in [-0.15, -0.1) is 0 Å². The molecule has 1 rings (SSSR count). The molecule has 0 aromatic carbocycles. The maximum Gasteiger partial charge on any atom is 0.192 e. The van der Waals surface area contributed by atoms with Crippen LogP contribution >= 0.6 is 12.2 Å². The highest BCUT2D eigenvalue weighted by Crippen LogP contribution is 2.36. The van der Waals surface area contributed by atoms with E-state index in [0.29, 0.717) is 5.04 Å². The van der Waals surface area contributed by atoms with Crippen molar-refractivity contribution in [2.24, 2.45) is 0 Å². The number of piperidine rings is 1. The van der Waals surface area contributed by atoms with E-state index in [1.54, 1.807) is 0 Å². The van der Waals surface area contributed by atoms with Crippen LogP contribution < -0.4 is 0 Å². The molecule has 2 nitrogen and oxygen atoms in total. The molecule has 0 aliphatic carbocycles. The molecule has 1 fully saturated rings. The van der Waals surface area contributed by atoms with E-state index in [9.17, 15) is 0 Å². The van der Waals surface area contributed by atoms with Gasteiger partial charge in [0, 0.05) is 13.1 Å². The minimum Gasteiger partial charge on any atom is -0.415 e. The van der Waals surface area contributed by atoms with E-state index in [0.717, 1.165) is 31.1 Å². The van der Waals surface area contributed by atoms with E-state index in [1.165, 1.54) is 12.8 Å². The van der Waals surface area contributed by atoms with Gasteiger partial charge < -0.3 is 9.33 Å². The first-order valence-electron chi connectivity index (χ1n) is 6.66. The van der Waals surface area contributed by atoms with Gasteiger partial charge in [0.25, 0.3) is 0 Å². The Balaban J connectivity index is 2.34. The number of rotatable bonds is 4. The monoisotopic (exact) mass is 273 g/mol. The van der Waals surface area contributed by atoms with Crippen LogP contribution in [-0.2, 0) is 4.43 Å². The van der Waals surface area contributed by atoms with Crippen molar-refractivity contribution in [2.75, 3.05) is 19.7 Å². The quantitative estimate of drug-likeness (QED) is 0.571. The van der Waals surface area contributed by atoms with E-state index in [4.69, 9.17) is 16.6 Å². The molecule has 0 unspecified atom stereocenters. The fourth-order valence-electron chi connectivity index (χ4n) is 1.73.